The van der Waals surface area contributed by atoms with Crippen molar-refractivity contribution in [2.75, 3.05) is 0 Å². The first-order chi connectivity index (χ1) is 7.79. The van der Waals surface area contributed by atoms with Crippen molar-refractivity contribution in [2.24, 2.45) is 5.41 Å². The highest BCUT2D eigenvalue weighted by atomic mass is 14.3. The van der Waals surface area contributed by atoms with Crippen molar-refractivity contribution >= 4 is 6.08 Å². The van der Waals surface area contributed by atoms with E-state index in [-0.39, 0.29) is 0 Å². The molecule has 0 saturated carbocycles. The zero-order valence-electron chi connectivity index (χ0n) is 10.5. The van der Waals surface area contributed by atoms with E-state index in [1.165, 1.54) is 43.2 Å². The van der Waals surface area contributed by atoms with Gasteiger partial charge in [-0.05, 0) is 35.8 Å². The lowest BCUT2D eigenvalue weighted by Crippen LogP contribution is -2.23. The van der Waals surface area contributed by atoms with Gasteiger partial charge in [0.05, 0.1) is 0 Å². The smallest absolute Gasteiger partial charge is 0.00745 e. The summed E-state index contributed by atoms with van der Waals surface area (Å²) in [5.74, 6) is 0. The van der Waals surface area contributed by atoms with E-state index in [9.17, 15) is 0 Å². The van der Waals surface area contributed by atoms with Crippen molar-refractivity contribution in [3.8, 4) is 0 Å². The van der Waals surface area contributed by atoms with Crippen molar-refractivity contribution in [3.63, 3.8) is 0 Å². The van der Waals surface area contributed by atoms with Crippen molar-refractivity contribution in [1.82, 2.24) is 0 Å². The number of rotatable bonds is 4. The van der Waals surface area contributed by atoms with Gasteiger partial charge < -0.3 is 0 Å². The SMILES string of the molecule is CCCC1(CCC)C=Cc2ccccc2C1. The van der Waals surface area contributed by atoms with Crippen LogP contribution in [0, 0.1) is 5.41 Å². The minimum Gasteiger partial charge on any atom is -0.0774 e. The zero-order chi connectivity index (χ0) is 11.4. The molecule has 1 aliphatic carbocycles. The van der Waals surface area contributed by atoms with Crippen LogP contribution in [0.1, 0.15) is 50.7 Å². The molecule has 0 aromatic heterocycles. The molecule has 0 fully saturated rings. The number of hydrogen-bond donors (Lipinski definition) is 0. The van der Waals surface area contributed by atoms with E-state index >= 15 is 0 Å². The molecule has 0 heterocycles. The van der Waals surface area contributed by atoms with Crippen LogP contribution in [0.3, 0.4) is 0 Å². The number of benzene rings is 1. The van der Waals surface area contributed by atoms with E-state index in [0.29, 0.717) is 5.41 Å². The molecule has 1 aliphatic rings. The van der Waals surface area contributed by atoms with Crippen LogP contribution in [0.4, 0.5) is 0 Å². The highest BCUT2D eigenvalue weighted by molar-refractivity contribution is 5.57. The molecule has 1 aromatic rings. The third kappa shape index (κ3) is 2.21. The lowest BCUT2D eigenvalue weighted by atomic mass is 9.71. The highest BCUT2D eigenvalue weighted by Gasteiger charge is 2.28. The van der Waals surface area contributed by atoms with Crippen LogP contribution in [0.5, 0.6) is 0 Å². The molecule has 0 atom stereocenters. The molecule has 0 spiro atoms. The van der Waals surface area contributed by atoms with E-state index < -0.39 is 0 Å². The van der Waals surface area contributed by atoms with E-state index in [1.807, 2.05) is 0 Å². The lowest BCUT2D eigenvalue weighted by Gasteiger charge is -2.34. The maximum atomic E-state index is 2.47. The second-order valence-corrected chi connectivity index (χ2v) is 5.07. The molecule has 1 aromatic carbocycles. The Morgan fingerprint density at radius 3 is 2.44 bits per heavy atom. The minimum absolute atomic E-state index is 0.442. The van der Waals surface area contributed by atoms with Crippen LogP contribution in [0.25, 0.3) is 6.08 Å². The quantitative estimate of drug-likeness (QED) is 0.672. The molecule has 0 heteroatoms. The van der Waals surface area contributed by atoms with Gasteiger partial charge in [0.2, 0.25) is 0 Å². The Labute approximate surface area is 99.4 Å². The summed E-state index contributed by atoms with van der Waals surface area (Å²) in [5.41, 5.74) is 3.40. The van der Waals surface area contributed by atoms with Crippen molar-refractivity contribution < 1.29 is 0 Å². The standard InChI is InChI=1S/C16H22/c1-3-10-16(11-4-2)12-9-14-7-5-6-8-15(14)13-16/h5-9,12H,3-4,10-11,13H2,1-2H3. The molecule has 86 valence electrons. The Bertz CT molecular complexity index is 367. The second kappa shape index (κ2) is 4.86. The van der Waals surface area contributed by atoms with Crippen LogP contribution in [0.2, 0.25) is 0 Å². The maximum absolute atomic E-state index is 2.47. The van der Waals surface area contributed by atoms with Crippen molar-refractivity contribution in [2.45, 2.75) is 46.0 Å². The van der Waals surface area contributed by atoms with Gasteiger partial charge in [-0.1, -0.05) is 63.1 Å². The summed E-state index contributed by atoms with van der Waals surface area (Å²) >= 11 is 0. The number of hydrogen-bond acceptors (Lipinski definition) is 0. The summed E-state index contributed by atoms with van der Waals surface area (Å²) in [6, 6.07) is 8.82. The Morgan fingerprint density at radius 2 is 1.75 bits per heavy atom. The van der Waals surface area contributed by atoms with Crippen molar-refractivity contribution in [3.05, 3.63) is 41.5 Å². The first-order valence-corrected chi connectivity index (χ1v) is 6.57. The van der Waals surface area contributed by atoms with Gasteiger partial charge in [-0.2, -0.15) is 0 Å². The lowest BCUT2D eigenvalue weighted by molar-refractivity contribution is 0.311. The van der Waals surface area contributed by atoms with E-state index in [0.717, 1.165) is 0 Å². The van der Waals surface area contributed by atoms with Gasteiger partial charge in [-0.25, -0.2) is 0 Å². The third-order valence-electron chi connectivity index (χ3n) is 3.71. The number of allylic oxidation sites excluding steroid dienone is 1. The summed E-state index contributed by atoms with van der Waals surface area (Å²) in [5, 5.41) is 0. The van der Waals surface area contributed by atoms with Gasteiger partial charge in [0.15, 0.2) is 0 Å². The highest BCUT2D eigenvalue weighted by Crippen LogP contribution is 2.40. The monoisotopic (exact) mass is 214 g/mol. The molecule has 0 nitrogen and oxygen atoms in total. The molecule has 0 saturated heterocycles. The second-order valence-electron chi connectivity index (χ2n) is 5.07. The Kier molecular flexibility index (Phi) is 3.48. The summed E-state index contributed by atoms with van der Waals surface area (Å²) in [6.07, 6.45) is 11.3. The fraction of sp³-hybridized carbons (Fsp3) is 0.500. The predicted octanol–water partition coefficient (Wildman–Crippen LogP) is 4.84. The van der Waals surface area contributed by atoms with Gasteiger partial charge in [0.25, 0.3) is 0 Å². The molecular formula is C16H22. The largest absolute Gasteiger partial charge is 0.0774 e. The maximum Gasteiger partial charge on any atom is -0.00745 e. The molecule has 0 unspecified atom stereocenters. The molecule has 0 N–H and O–H groups in total. The first kappa shape index (κ1) is 11.4. The molecule has 0 bridgehead atoms. The molecule has 2 rings (SSSR count). The third-order valence-corrected chi connectivity index (χ3v) is 3.71. The van der Waals surface area contributed by atoms with Gasteiger partial charge in [-0.15, -0.1) is 0 Å². The summed E-state index contributed by atoms with van der Waals surface area (Å²) in [6.45, 7) is 4.59. The molecule has 16 heavy (non-hydrogen) atoms. The molecule has 0 radical (unpaired) electrons. The topological polar surface area (TPSA) is 0 Å². The minimum atomic E-state index is 0.442. The number of fused-ring (bicyclic) bond motifs is 1. The normalized spacial score (nSPS) is 17.1. The fourth-order valence-corrected chi connectivity index (χ4v) is 3.03. The average molecular weight is 214 g/mol. The molecular weight excluding hydrogens is 192 g/mol. The fourth-order valence-electron chi connectivity index (χ4n) is 3.03. The zero-order valence-corrected chi connectivity index (χ0v) is 10.5. The predicted molar refractivity (Wildman–Crippen MR) is 71.4 cm³/mol. The van der Waals surface area contributed by atoms with Gasteiger partial charge in [0, 0.05) is 0 Å². The van der Waals surface area contributed by atoms with Crippen LogP contribution < -0.4 is 0 Å². The van der Waals surface area contributed by atoms with Gasteiger partial charge >= 0.3 is 0 Å². The Hall–Kier alpha value is -1.04. The average Bonchev–Trinajstić information content (AvgIpc) is 2.30. The molecule has 0 aliphatic heterocycles. The Balaban J connectivity index is 2.27. The van der Waals surface area contributed by atoms with Gasteiger partial charge in [0.1, 0.15) is 0 Å². The van der Waals surface area contributed by atoms with Crippen molar-refractivity contribution in [1.29, 1.82) is 0 Å². The van der Waals surface area contributed by atoms with E-state index in [1.54, 1.807) is 0 Å². The first-order valence-electron chi connectivity index (χ1n) is 6.57. The Morgan fingerprint density at radius 1 is 1.06 bits per heavy atom. The summed E-state index contributed by atoms with van der Waals surface area (Å²) in [7, 11) is 0. The molecule has 0 amide bonds. The van der Waals surface area contributed by atoms with Crippen LogP contribution in [0.15, 0.2) is 30.3 Å². The van der Waals surface area contributed by atoms with Crippen LogP contribution in [-0.2, 0) is 6.42 Å². The van der Waals surface area contributed by atoms with Crippen LogP contribution in [-0.4, -0.2) is 0 Å². The van der Waals surface area contributed by atoms with E-state index in [2.05, 4.69) is 50.3 Å². The van der Waals surface area contributed by atoms with Gasteiger partial charge in [-0.3, -0.25) is 0 Å². The van der Waals surface area contributed by atoms with Crippen LogP contribution >= 0.6 is 0 Å². The van der Waals surface area contributed by atoms with E-state index in [4.69, 9.17) is 0 Å². The summed E-state index contributed by atoms with van der Waals surface area (Å²) in [4.78, 5) is 0. The summed E-state index contributed by atoms with van der Waals surface area (Å²) < 4.78 is 0.